The highest BCUT2D eigenvalue weighted by Gasteiger charge is 2.37. The lowest BCUT2D eigenvalue weighted by molar-refractivity contribution is -0.00945. The maximum absolute atomic E-state index is 13.4. The second-order valence-corrected chi connectivity index (χ2v) is 12.9. The number of rotatable bonds is 11. The van der Waals surface area contributed by atoms with E-state index in [1.807, 2.05) is 69.3 Å². The van der Waals surface area contributed by atoms with Crippen molar-refractivity contribution in [2.75, 3.05) is 39.3 Å². The van der Waals surface area contributed by atoms with Crippen LogP contribution in [0.25, 0.3) is 0 Å². The zero-order valence-electron chi connectivity index (χ0n) is 27.3. The number of aromatic nitrogens is 1. The van der Waals surface area contributed by atoms with Crippen LogP contribution in [0.1, 0.15) is 65.6 Å². The number of carbonyl (C=O) groups excluding carboxylic acids is 4. The van der Waals surface area contributed by atoms with Crippen LogP contribution in [-0.4, -0.2) is 99.5 Å². The van der Waals surface area contributed by atoms with Gasteiger partial charge in [0, 0.05) is 45.5 Å². The first-order valence-corrected chi connectivity index (χ1v) is 16.1. The highest BCUT2D eigenvalue weighted by atomic mass is 16.6. The van der Waals surface area contributed by atoms with Gasteiger partial charge in [0.1, 0.15) is 12.2 Å². The van der Waals surface area contributed by atoms with Gasteiger partial charge in [0.25, 0.3) is 11.8 Å². The maximum Gasteiger partial charge on any atom is 0.410 e. The van der Waals surface area contributed by atoms with Crippen molar-refractivity contribution in [1.82, 2.24) is 24.6 Å². The summed E-state index contributed by atoms with van der Waals surface area (Å²) in [5.74, 6) is -0.518. The van der Waals surface area contributed by atoms with Crippen molar-refractivity contribution >= 4 is 24.0 Å². The van der Waals surface area contributed by atoms with Crippen LogP contribution >= 0.6 is 0 Å². The Bertz CT molecular complexity index is 1510. The molecule has 1 aromatic heterocycles. The first-order chi connectivity index (χ1) is 22.6. The van der Waals surface area contributed by atoms with Gasteiger partial charge in [-0.25, -0.2) is 9.59 Å². The zero-order chi connectivity index (χ0) is 33.4. The maximum atomic E-state index is 13.4. The summed E-state index contributed by atoms with van der Waals surface area (Å²) < 4.78 is 11.4. The number of benzene rings is 2. The number of ether oxygens (including phenoxy) is 2. The van der Waals surface area contributed by atoms with E-state index in [0.29, 0.717) is 63.2 Å². The van der Waals surface area contributed by atoms with Crippen LogP contribution in [0.15, 0.2) is 79.0 Å². The van der Waals surface area contributed by atoms with E-state index in [9.17, 15) is 19.2 Å². The molecule has 0 bridgehead atoms. The second-order valence-electron chi connectivity index (χ2n) is 12.9. The Hall–Kier alpha value is -4.77. The van der Waals surface area contributed by atoms with Crippen molar-refractivity contribution in [2.24, 2.45) is 0 Å². The summed E-state index contributed by atoms with van der Waals surface area (Å²) in [7, 11) is 0. The summed E-state index contributed by atoms with van der Waals surface area (Å²) in [5.41, 5.74) is 1.98. The Balaban J connectivity index is 1.26. The predicted molar refractivity (Wildman–Crippen MR) is 175 cm³/mol. The van der Waals surface area contributed by atoms with Crippen LogP contribution in [0.5, 0.6) is 0 Å². The summed E-state index contributed by atoms with van der Waals surface area (Å²) in [4.78, 5) is 63.6. The molecule has 47 heavy (non-hydrogen) atoms. The van der Waals surface area contributed by atoms with Crippen molar-refractivity contribution in [2.45, 2.75) is 58.4 Å². The normalized spacial score (nSPS) is 16.4. The number of amides is 4. The van der Waals surface area contributed by atoms with Crippen LogP contribution in [0.4, 0.5) is 9.59 Å². The van der Waals surface area contributed by atoms with Crippen molar-refractivity contribution in [3.8, 4) is 0 Å². The van der Waals surface area contributed by atoms with Gasteiger partial charge in [0.2, 0.25) is 0 Å². The van der Waals surface area contributed by atoms with E-state index in [0.717, 1.165) is 11.3 Å². The first kappa shape index (κ1) is 33.6. The predicted octanol–water partition coefficient (Wildman–Crippen LogP) is 5.22. The molecule has 1 atom stereocenters. The van der Waals surface area contributed by atoms with Gasteiger partial charge in [-0.15, -0.1) is 0 Å². The van der Waals surface area contributed by atoms with E-state index in [1.54, 1.807) is 40.3 Å². The molecule has 1 saturated heterocycles. The van der Waals surface area contributed by atoms with Crippen molar-refractivity contribution in [3.05, 3.63) is 101 Å². The number of fused-ring (bicyclic) bond motifs is 1. The van der Waals surface area contributed by atoms with Crippen LogP contribution < -0.4 is 0 Å². The Morgan fingerprint density at radius 2 is 1.55 bits per heavy atom. The molecule has 5 rings (SSSR count). The molecule has 11 nitrogen and oxygen atoms in total. The molecule has 0 N–H and O–H groups in total. The molecule has 0 unspecified atom stereocenters. The molecule has 0 radical (unpaired) electrons. The van der Waals surface area contributed by atoms with E-state index in [-0.39, 0.29) is 31.0 Å². The number of carbonyl (C=O) groups is 4. The number of unbranched alkanes of at least 4 members (excludes halogenated alkanes) is 1. The van der Waals surface area contributed by atoms with Gasteiger partial charge in [0.05, 0.1) is 22.9 Å². The van der Waals surface area contributed by atoms with Crippen LogP contribution in [0.2, 0.25) is 0 Å². The lowest BCUT2D eigenvalue weighted by Crippen LogP contribution is -2.60. The average Bonchev–Trinajstić information content (AvgIpc) is 3.30. The molecule has 2 aromatic carbocycles. The van der Waals surface area contributed by atoms with Crippen LogP contribution in [0, 0.1) is 0 Å². The smallest absolute Gasteiger partial charge is 0.410 e. The van der Waals surface area contributed by atoms with Gasteiger partial charge in [-0.2, -0.15) is 0 Å². The minimum atomic E-state index is -0.675. The van der Waals surface area contributed by atoms with E-state index >= 15 is 0 Å². The van der Waals surface area contributed by atoms with Gasteiger partial charge in [0.15, 0.2) is 0 Å². The van der Waals surface area contributed by atoms with E-state index in [4.69, 9.17) is 9.47 Å². The monoisotopic (exact) mass is 641 g/mol. The van der Waals surface area contributed by atoms with E-state index in [2.05, 4.69) is 9.88 Å². The third-order valence-corrected chi connectivity index (χ3v) is 8.14. The summed E-state index contributed by atoms with van der Waals surface area (Å²) in [5, 5.41) is 0. The minimum absolute atomic E-state index is 0.162. The van der Waals surface area contributed by atoms with E-state index in [1.165, 1.54) is 4.90 Å². The molecule has 0 aliphatic carbocycles. The fourth-order valence-corrected chi connectivity index (χ4v) is 5.85. The van der Waals surface area contributed by atoms with Gasteiger partial charge in [-0.05, 0) is 70.0 Å². The molecule has 3 heterocycles. The molecule has 3 aromatic rings. The zero-order valence-corrected chi connectivity index (χ0v) is 27.3. The Labute approximate surface area is 276 Å². The topological polar surface area (TPSA) is 113 Å². The third kappa shape index (κ3) is 8.94. The van der Waals surface area contributed by atoms with Crippen LogP contribution in [0.3, 0.4) is 0 Å². The number of hydrogen-bond donors (Lipinski definition) is 0. The van der Waals surface area contributed by atoms with E-state index < -0.39 is 17.8 Å². The fourth-order valence-electron chi connectivity index (χ4n) is 5.85. The lowest BCUT2D eigenvalue weighted by atomic mass is 10.1. The number of pyridine rings is 1. The Morgan fingerprint density at radius 3 is 2.21 bits per heavy atom. The third-order valence-electron chi connectivity index (χ3n) is 8.14. The average molecular weight is 642 g/mol. The molecule has 2 aliphatic heterocycles. The first-order valence-electron chi connectivity index (χ1n) is 16.1. The Morgan fingerprint density at radius 1 is 0.872 bits per heavy atom. The van der Waals surface area contributed by atoms with Crippen molar-refractivity contribution in [1.29, 1.82) is 0 Å². The number of hydrogen-bond acceptors (Lipinski definition) is 8. The van der Waals surface area contributed by atoms with Crippen LogP contribution in [-0.2, 0) is 22.6 Å². The minimum Gasteiger partial charge on any atom is -0.445 e. The molecular weight excluding hydrogens is 598 g/mol. The quantitative estimate of drug-likeness (QED) is 0.207. The van der Waals surface area contributed by atoms with Crippen molar-refractivity contribution in [3.63, 3.8) is 0 Å². The molecular formula is C36H43N5O6. The molecule has 11 heteroatoms. The molecule has 0 saturated carbocycles. The number of piperazine rings is 1. The number of nitrogens with zero attached hydrogens (tertiary/aromatic N) is 5. The van der Waals surface area contributed by atoms with Gasteiger partial charge >= 0.3 is 12.2 Å². The highest BCUT2D eigenvalue weighted by Crippen LogP contribution is 2.23. The SMILES string of the molecule is CC(C)(C)OC(=O)N1CCN(C(=O)OCc2ccccc2)C[C@@H]1CN(CCCCN1C(=O)c2ccccc2C1=O)Cc1ccccn1. The number of imide groups is 1. The standard InChI is InChI=1S/C36H43N5O6/c1-36(2,3)47-35(45)40-22-21-39(34(44)46-26-27-13-5-4-6-14-27)25-29(40)24-38(23-28-15-9-10-18-37-28)19-11-12-20-41-32(42)30-16-7-8-17-31(30)33(41)43/h4-10,13-18,29H,11-12,19-26H2,1-3H3/t29-/m0/s1. The lowest BCUT2D eigenvalue weighted by Gasteiger charge is -2.43. The fraction of sp³-hybridized carbons (Fsp3) is 0.417. The second kappa shape index (κ2) is 15.2. The molecule has 2 aliphatic rings. The molecule has 4 amide bonds. The molecule has 0 spiro atoms. The van der Waals surface area contributed by atoms with Gasteiger partial charge in [-0.1, -0.05) is 48.5 Å². The summed E-state index contributed by atoms with van der Waals surface area (Å²) in [6.45, 7) is 8.47. The van der Waals surface area contributed by atoms with Gasteiger partial charge in [-0.3, -0.25) is 24.4 Å². The summed E-state index contributed by atoms with van der Waals surface area (Å²) in [6.07, 6.45) is 2.20. The van der Waals surface area contributed by atoms with Crippen molar-refractivity contribution < 1.29 is 28.7 Å². The summed E-state index contributed by atoms with van der Waals surface area (Å²) in [6, 6.07) is 21.8. The largest absolute Gasteiger partial charge is 0.445 e. The van der Waals surface area contributed by atoms with Gasteiger partial charge < -0.3 is 19.3 Å². The molecule has 1 fully saturated rings. The Kier molecular flexibility index (Phi) is 10.9. The highest BCUT2D eigenvalue weighted by molar-refractivity contribution is 6.21. The summed E-state index contributed by atoms with van der Waals surface area (Å²) >= 11 is 0. The molecule has 248 valence electrons.